The molecule has 0 fully saturated rings. The number of rotatable bonds is 7. The highest BCUT2D eigenvalue weighted by Crippen LogP contribution is 2.19. The van der Waals surface area contributed by atoms with Gasteiger partial charge in [-0.3, -0.25) is 9.59 Å². The van der Waals surface area contributed by atoms with Crippen LogP contribution in [0.25, 0.3) is 0 Å². The number of esters is 2. The predicted molar refractivity (Wildman–Crippen MR) is 102 cm³/mol. The lowest BCUT2D eigenvalue weighted by Gasteiger charge is -2.09. The zero-order chi connectivity index (χ0) is 20.1. The third kappa shape index (κ3) is 8.27. The van der Waals surface area contributed by atoms with E-state index in [4.69, 9.17) is 4.74 Å². The Morgan fingerprint density at radius 2 is 1.37 bits per heavy atom. The minimum absolute atomic E-state index is 0.114. The minimum atomic E-state index is -0.350. The smallest absolute Gasteiger partial charge is 0.310 e. The number of benzene rings is 2. The highest BCUT2D eigenvalue weighted by atomic mass is 16.5. The van der Waals surface area contributed by atoms with E-state index in [9.17, 15) is 14.7 Å². The Morgan fingerprint density at radius 1 is 0.852 bits per heavy atom. The van der Waals surface area contributed by atoms with Crippen LogP contribution in [0.15, 0.2) is 48.5 Å². The minimum Gasteiger partial charge on any atom is -0.508 e. The summed E-state index contributed by atoms with van der Waals surface area (Å²) in [6.45, 7) is 2.71. The maximum atomic E-state index is 11.1. The molecule has 0 atom stereocenters. The summed E-state index contributed by atoms with van der Waals surface area (Å²) in [5, 5.41) is 9.25. The van der Waals surface area contributed by atoms with Crippen molar-refractivity contribution < 1.29 is 28.9 Å². The van der Waals surface area contributed by atoms with Crippen molar-refractivity contribution in [3.63, 3.8) is 0 Å². The first-order valence-corrected chi connectivity index (χ1v) is 8.63. The molecular weight excluding hydrogens is 348 g/mol. The molecule has 0 aromatic heterocycles. The topological polar surface area (TPSA) is 82.1 Å². The maximum absolute atomic E-state index is 11.1. The number of hydrogen-bond acceptors (Lipinski definition) is 6. The normalized spacial score (nSPS) is 9.59. The molecule has 0 aliphatic heterocycles. The molecule has 0 bridgehead atoms. The summed E-state index contributed by atoms with van der Waals surface area (Å²) in [6, 6.07) is 14.2. The van der Waals surface area contributed by atoms with Crippen LogP contribution in [0.1, 0.15) is 24.5 Å². The van der Waals surface area contributed by atoms with Crippen LogP contribution < -0.4 is 4.74 Å². The fourth-order valence-electron chi connectivity index (χ4n) is 2.12. The fraction of sp³-hybridized carbons (Fsp3) is 0.333. The van der Waals surface area contributed by atoms with E-state index < -0.39 is 0 Å². The number of phenolic OH excluding ortho intramolecular Hbond substituents is 1. The number of hydrogen-bond donors (Lipinski definition) is 1. The average molecular weight is 374 g/mol. The number of para-hydroxylation sites is 2. The van der Waals surface area contributed by atoms with Crippen molar-refractivity contribution in [2.24, 2.45) is 0 Å². The van der Waals surface area contributed by atoms with Crippen molar-refractivity contribution in [3.8, 4) is 11.5 Å². The van der Waals surface area contributed by atoms with Crippen LogP contribution in [0.2, 0.25) is 0 Å². The molecular formula is C21H26O6. The van der Waals surface area contributed by atoms with Gasteiger partial charge in [0.25, 0.3) is 0 Å². The molecule has 146 valence electrons. The van der Waals surface area contributed by atoms with Crippen LogP contribution in [0.5, 0.6) is 11.5 Å². The van der Waals surface area contributed by atoms with Crippen LogP contribution in [-0.2, 0) is 31.9 Å². The Kier molecular flexibility index (Phi) is 10.1. The van der Waals surface area contributed by atoms with Crippen LogP contribution >= 0.6 is 0 Å². The molecule has 2 aromatic carbocycles. The van der Waals surface area contributed by atoms with Gasteiger partial charge in [0, 0.05) is 11.1 Å². The quantitative estimate of drug-likeness (QED) is 0.749. The molecule has 0 amide bonds. The standard InChI is InChI=1S/C12H16O3.C9H10O3/c1-3-8-15-11-7-5-4-6-10(11)9-12(13)14-2;1-12-9(11)6-7-4-2-3-5-8(7)10/h4-7H,3,8-9H2,1-2H3;2-5,10H,6H2,1H3. The van der Waals surface area contributed by atoms with Gasteiger partial charge in [0.1, 0.15) is 11.5 Å². The van der Waals surface area contributed by atoms with Gasteiger partial charge in [-0.1, -0.05) is 43.3 Å². The lowest BCUT2D eigenvalue weighted by Crippen LogP contribution is -2.07. The molecule has 6 heteroatoms. The monoisotopic (exact) mass is 374 g/mol. The second-order valence-corrected chi connectivity index (χ2v) is 5.59. The van der Waals surface area contributed by atoms with Gasteiger partial charge in [-0.15, -0.1) is 0 Å². The van der Waals surface area contributed by atoms with E-state index in [1.165, 1.54) is 20.3 Å². The van der Waals surface area contributed by atoms with Gasteiger partial charge in [0.15, 0.2) is 0 Å². The summed E-state index contributed by atoms with van der Waals surface area (Å²) in [5.41, 5.74) is 1.46. The van der Waals surface area contributed by atoms with Crippen molar-refractivity contribution in [2.45, 2.75) is 26.2 Å². The summed E-state index contributed by atoms with van der Waals surface area (Å²) in [7, 11) is 2.71. The highest BCUT2D eigenvalue weighted by Gasteiger charge is 2.08. The van der Waals surface area contributed by atoms with E-state index >= 15 is 0 Å². The Balaban J connectivity index is 0.000000277. The molecule has 0 saturated carbocycles. The molecule has 0 radical (unpaired) electrons. The highest BCUT2D eigenvalue weighted by molar-refractivity contribution is 5.73. The number of ether oxygens (including phenoxy) is 3. The summed E-state index contributed by atoms with van der Waals surface area (Å²) in [6.07, 6.45) is 1.33. The van der Waals surface area contributed by atoms with Crippen molar-refractivity contribution in [1.29, 1.82) is 0 Å². The molecule has 0 spiro atoms. The van der Waals surface area contributed by atoms with E-state index in [0.29, 0.717) is 12.2 Å². The third-order valence-corrected chi connectivity index (χ3v) is 3.55. The van der Waals surface area contributed by atoms with Crippen molar-refractivity contribution in [2.75, 3.05) is 20.8 Å². The fourth-order valence-corrected chi connectivity index (χ4v) is 2.12. The van der Waals surface area contributed by atoms with Gasteiger partial charge in [-0.05, 0) is 18.6 Å². The van der Waals surface area contributed by atoms with Crippen molar-refractivity contribution in [3.05, 3.63) is 59.7 Å². The first-order valence-electron chi connectivity index (χ1n) is 8.63. The van der Waals surface area contributed by atoms with Crippen molar-refractivity contribution in [1.82, 2.24) is 0 Å². The lowest BCUT2D eigenvalue weighted by molar-refractivity contribution is -0.140. The summed E-state index contributed by atoms with van der Waals surface area (Å²) in [4.78, 5) is 21.9. The van der Waals surface area contributed by atoms with Crippen LogP contribution in [0, 0.1) is 0 Å². The number of aromatic hydroxyl groups is 1. The van der Waals surface area contributed by atoms with E-state index in [0.717, 1.165) is 17.7 Å². The molecule has 2 aromatic rings. The van der Waals surface area contributed by atoms with Gasteiger partial charge in [0.05, 0.1) is 33.7 Å². The average Bonchev–Trinajstić information content (AvgIpc) is 2.69. The number of methoxy groups -OCH3 is 2. The maximum Gasteiger partial charge on any atom is 0.310 e. The SMILES string of the molecule is CCCOc1ccccc1CC(=O)OC.COC(=O)Cc1ccccc1O. The molecule has 27 heavy (non-hydrogen) atoms. The third-order valence-electron chi connectivity index (χ3n) is 3.55. The summed E-state index contributed by atoms with van der Waals surface area (Å²) in [5.74, 6) is 0.298. The lowest BCUT2D eigenvalue weighted by atomic mass is 10.1. The van der Waals surface area contributed by atoms with Crippen molar-refractivity contribution >= 4 is 11.9 Å². The second-order valence-electron chi connectivity index (χ2n) is 5.59. The number of carbonyl (C=O) groups is 2. The second kappa shape index (κ2) is 12.4. The Labute approximate surface area is 159 Å². The Bertz CT molecular complexity index is 726. The predicted octanol–water partition coefficient (Wildman–Crippen LogP) is 3.30. The Hall–Kier alpha value is -3.02. The van der Waals surface area contributed by atoms with E-state index in [-0.39, 0.29) is 30.5 Å². The zero-order valence-corrected chi connectivity index (χ0v) is 15.9. The molecule has 0 unspecified atom stereocenters. The summed E-state index contributed by atoms with van der Waals surface area (Å²) < 4.78 is 14.6. The van der Waals surface area contributed by atoms with Crippen LogP contribution in [0.4, 0.5) is 0 Å². The number of carbonyl (C=O) groups excluding carboxylic acids is 2. The summed E-state index contributed by atoms with van der Waals surface area (Å²) >= 11 is 0. The molecule has 1 N–H and O–H groups in total. The van der Waals surface area contributed by atoms with Gasteiger partial charge in [-0.25, -0.2) is 0 Å². The zero-order valence-electron chi connectivity index (χ0n) is 15.9. The molecule has 6 nitrogen and oxygen atoms in total. The van der Waals surface area contributed by atoms with Gasteiger partial charge in [0.2, 0.25) is 0 Å². The Morgan fingerprint density at radius 3 is 1.93 bits per heavy atom. The van der Waals surface area contributed by atoms with E-state index in [1.54, 1.807) is 18.2 Å². The molecule has 0 aliphatic carbocycles. The number of phenols is 1. The van der Waals surface area contributed by atoms with Crippen LogP contribution in [0.3, 0.4) is 0 Å². The first kappa shape index (κ1) is 22.0. The van der Waals surface area contributed by atoms with Crippen LogP contribution in [-0.4, -0.2) is 37.9 Å². The molecule has 0 aliphatic rings. The van der Waals surface area contributed by atoms with Gasteiger partial charge < -0.3 is 19.3 Å². The van der Waals surface area contributed by atoms with E-state index in [1.807, 2.05) is 31.2 Å². The van der Waals surface area contributed by atoms with Gasteiger partial charge in [-0.2, -0.15) is 0 Å². The largest absolute Gasteiger partial charge is 0.508 e. The molecule has 0 heterocycles. The molecule has 2 rings (SSSR count). The van der Waals surface area contributed by atoms with E-state index in [2.05, 4.69) is 9.47 Å². The molecule has 0 saturated heterocycles. The first-order chi connectivity index (χ1) is 13.0. The van der Waals surface area contributed by atoms with Gasteiger partial charge >= 0.3 is 11.9 Å².